The van der Waals surface area contributed by atoms with Gasteiger partial charge in [-0.1, -0.05) is 6.92 Å². The van der Waals surface area contributed by atoms with Crippen molar-refractivity contribution in [1.82, 2.24) is 10.2 Å². The average Bonchev–Trinajstić information content (AvgIpc) is 2.37. The summed E-state index contributed by atoms with van der Waals surface area (Å²) in [7, 11) is 0. The van der Waals surface area contributed by atoms with Crippen molar-refractivity contribution in [3.05, 3.63) is 0 Å². The molecule has 0 aromatic carbocycles. The highest BCUT2D eigenvalue weighted by Crippen LogP contribution is 2.26. The van der Waals surface area contributed by atoms with Crippen LogP contribution >= 0.6 is 0 Å². The second-order valence-electron chi connectivity index (χ2n) is 4.32. The highest BCUT2D eigenvalue weighted by Gasteiger charge is 2.41. The van der Waals surface area contributed by atoms with Gasteiger partial charge in [-0.2, -0.15) is 0 Å². The molecule has 0 aromatic rings. The van der Waals surface area contributed by atoms with Gasteiger partial charge < -0.3 is 10.1 Å². The summed E-state index contributed by atoms with van der Waals surface area (Å²) in [5.74, 6) is 0. The number of ether oxygens (including phenoxy) is 1. The van der Waals surface area contributed by atoms with Gasteiger partial charge >= 0.3 is 6.03 Å². The van der Waals surface area contributed by atoms with Crippen molar-refractivity contribution in [1.29, 1.82) is 0 Å². The number of hydrogen-bond donors (Lipinski definition) is 1. The van der Waals surface area contributed by atoms with Gasteiger partial charge in [0.2, 0.25) is 0 Å². The maximum Gasteiger partial charge on any atom is 0.319 e. The molecule has 1 heterocycles. The molecule has 1 N–H and O–H groups in total. The normalized spacial score (nSPS) is 25.1. The van der Waals surface area contributed by atoms with Gasteiger partial charge in [0.05, 0.1) is 12.1 Å². The van der Waals surface area contributed by atoms with E-state index in [-0.39, 0.29) is 17.8 Å². The third-order valence-corrected chi connectivity index (χ3v) is 2.44. The molecule has 1 fully saturated rings. The van der Waals surface area contributed by atoms with E-state index in [0.717, 1.165) is 13.0 Å². The summed E-state index contributed by atoms with van der Waals surface area (Å²) in [4.78, 5) is 13.5. The summed E-state index contributed by atoms with van der Waals surface area (Å²) >= 11 is 0. The summed E-state index contributed by atoms with van der Waals surface area (Å²) in [6.45, 7) is 9.30. The minimum Gasteiger partial charge on any atom is -0.356 e. The summed E-state index contributed by atoms with van der Waals surface area (Å²) in [6, 6.07) is -0.0261. The van der Waals surface area contributed by atoms with E-state index >= 15 is 0 Å². The molecule has 0 saturated carbocycles. The van der Waals surface area contributed by atoms with Crippen LogP contribution in [0, 0.1) is 0 Å². The fourth-order valence-corrected chi connectivity index (χ4v) is 1.72. The largest absolute Gasteiger partial charge is 0.356 e. The summed E-state index contributed by atoms with van der Waals surface area (Å²) in [6.07, 6.45) is 0.830. The van der Waals surface area contributed by atoms with E-state index < -0.39 is 0 Å². The van der Waals surface area contributed by atoms with Crippen LogP contribution in [-0.4, -0.2) is 35.8 Å². The van der Waals surface area contributed by atoms with Crippen LogP contribution in [-0.2, 0) is 4.74 Å². The Hall–Kier alpha value is -0.770. The molecule has 1 aliphatic rings. The monoisotopic (exact) mass is 200 g/mol. The van der Waals surface area contributed by atoms with Gasteiger partial charge in [0.15, 0.2) is 0 Å². The highest BCUT2D eigenvalue weighted by molar-refractivity contribution is 5.75. The first-order valence-electron chi connectivity index (χ1n) is 5.18. The quantitative estimate of drug-likeness (QED) is 0.735. The Morgan fingerprint density at radius 3 is 2.71 bits per heavy atom. The third-order valence-electron chi connectivity index (χ3n) is 2.44. The van der Waals surface area contributed by atoms with Gasteiger partial charge in [-0.25, -0.2) is 4.79 Å². The number of nitrogens with one attached hydrogen (secondary N) is 1. The van der Waals surface area contributed by atoms with Crippen molar-refractivity contribution in [3.63, 3.8) is 0 Å². The van der Waals surface area contributed by atoms with E-state index in [1.165, 1.54) is 0 Å². The lowest BCUT2D eigenvalue weighted by molar-refractivity contribution is 0.0610. The van der Waals surface area contributed by atoms with E-state index in [2.05, 4.69) is 5.32 Å². The Balaban J connectivity index is 2.60. The summed E-state index contributed by atoms with van der Waals surface area (Å²) < 4.78 is 5.45. The molecule has 0 radical (unpaired) electrons. The van der Waals surface area contributed by atoms with Crippen molar-refractivity contribution in [2.45, 2.75) is 45.9 Å². The molecule has 0 spiro atoms. The smallest absolute Gasteiger partial charge is 0.319 e. The third kappa shape index (κ3) is 2.18. The molecular weight excluding hydrogens is 180 g/mol. The lowest BCUT2D eigenvalue weighted by Gasteiger charge is -2.31. The molecule has 1 saturated heterocycles. The number of rotatable bonds is 2. The average molecular weight is 200 g/mol. The van der Waals surface area contributed by atoms with Gasteiger partial charge in [-0.15, -0.1) is 0 Å². The molecule has 2 amide bonds. The molecule has 0 aliphatic carbocycles. The number of amides is 2. The number of hydrogen-bond acceptors (Lipinski definition) is 2. The minimum absolute atomic E-state index is 0.0261. The van der Waals surface area contributed by atoms with Crippen LogP contribution in [0.15, 0.2) is 0 Å². The standard InChI is InChI=1S/C10H20N2O2/c1-5-6-11-9(13)12-8(2)14-7-10(12,3)4/h8H,5-7H2,1-4H3,(H,11,13). The van der Waals surface area contributed by atoms with Gasteiger partial charge in [0.1, 0.15) is 6.23 Å². The number of carbonyl (C=O) groups is 1. The highest BCUT2D eigenvalue weighted by atomic mass is 16.5. The molecular formula is C10H20N2O2. The summed E-state index contributed by atoms with van der Waals surface area (Å²) in [5.41, 5.74) is -0.197. The van der Waals surface area contributed by atoms with Gasteiger partial charge in [0.25, 0.3) is 0 Å². The minimum atomic E-state index is -0.197. The lowest BCUT2D eigenvalue weighted by Crippen LogP contribution is -2.51. The Morgan fingerprint density at radius 1 is 1.64 bits per heavy atom. The number of carbonyl (C=O) groups excluding carboxylic acids is 1. The molecule has 82 valence electrons. The zero-order valence-corrected chi connectivity index (χ0v) is 9.46. The molecule has 1 unspecified atom stereocenters. The fourth-order valence-electron chi connectivity index (χ4n) is 1.72. The molecule has 1 atom stereocenters. The van der Waals surface area contributed by atoms with Gasteiger partial charge in [0, 0.05) is 6.54 Å². The van der Waals surface area contributed by atoms with Crippen molar-refractivity contribution in [2.24, 2.45) is 0 Å². The SMILES string of the molecule is CCCNC(=O)N1C(C)OCC1(C)C. The van der Waals surface area contributed by atoms with E-state index in [1.54, 1.807) is 4.90 Å². The Labute approximate surface area is 85.6 Å². The Kier molecular flexibility index (Phi) is 3.37. The van der Waals surface area contributed by atoms with E-state index in [9.17, 15) is 4.79 Å². The molecule has 0 bridgehead atoms. The van der Waals surface area contributed by atoms with Crippen LogP contribution in [0.2, 0.25) is 0 Å². The number of urea groups is 1. The van der Waals surface area contributed by atoms with Gasteiger partial charge in [-0.3, -0.25) is 4.90 Å². The van der Waals surface area contributed by atoms with Crippen LogP contribution in [0.4, 0.5) is 4.79 Å². The van der Waals surface area contributed by atoms with Crippen LogP contribution in [0.5, 0.6) is 0 Å². The maximum atomic E-state index is 11.8. The Bertz CT molecular complexity index is 216. The molecule has 0 aromatic heterocycles. The lowest BCUT2D eigenvalue weighted by atomic mass is 10.1. The predicted molar refractivity (Wildman–Crippen MR) is 55.0 cm³/mol. The maximum absolute atomic E-state index is 11.8. The Morgan fingerprint density at radius 2 is 2.29 bits per heavy atom. The molecule has 4 nitrogen and oxygen atoms in total. The second kappa shape index (κ2) is 4.17. The zero-order chi connectivity index (χ0) is 10.8. The predicted octanol–water partition coefficient (Wildman–Crippen LogP) is 1.56. The van der Waals surface area contributed by atoms with E-state index in [4.69, 9.17) is 4.74 Å². The molecule has 4 heteroatoms. The zero-order valence-electron chi connectivity index (χ0n) is 9.46. The van der Waals surface area contributed by atoms with Crippen LogP contribution < -0.4 is 5.32 Å². The second-order valence-corrected chi connectivity index (χ2v) is 4.32. The van der Waals surface area contributed by atoms with Crippen molar-refractivity contribution >= 4 is 6.03 Å². The first-order chi connectivity index (χ1) is 6.49. The summed E-state index contributed by atoms with van der Waals surface area (Å²) in [5, 5.41) is 2.87. The van der Waals surface area contributed by atoms with E-state index in [0.29, 0.717) is 6.61 Å². The van der Waals surface area contributed by atoms with Crippen LogP contribution in [0.3, 0.4) is 0 Å². The van der Waals surface area contributed by atoms with Crippen molar-refractivity contribution in [2.75, 3.05) is 13.2 Å². The van der Waals surface area contributed by atoms with Crippen molar-refractivity contribution < 1.29 is 9.53 Å². The fraction of sp³-hybridized carbons (Fsp3) is 0.900. The topological polar surface area (TPSA) is 41.6 Å². The van der Waals surface area contributed by atoms with Crippen molar-refractivity contribution in [3.8, 4) is 0 Å². The van der Waals surface area contributed by atoms with Crippen LogP contribution in [0.25, 0.3) is 0 Å². The molecule has 1 rings (SSSR count). The first kappa shape index (κ1) is 11.3. The van der Waals surface area contributed by atoms with Crippen LogP contribution in [0.1, 0.15) is 34.1 Å². The number of nitrogens with zero attached hydrogens (tertiary/aromatic N) is 1. The molecule has 1 aliphatic heterocycles. The molecule has 14 heavy (non-hydrogen) atoms. The van der Waals surface area contributed by atoms with Gasteiger partial charge in [-0.05, 0) is 27.2 Å². The first-order valence-corrected chi connectivity index (χ1v) is 5.18. The van der Waals surface area contributed by atoms with E-state index in [1.807, 2.05) is 27.7 Å².